The molecule has 1 aromatic heterocycles. The Kier molecular flexibility index (Phi) is 4.95. The second-order valence-corrected chi connectivity index (χ2v) is 5.17. The number of ketones is 1. The molecule has 120 valence electrons. The van der Waals surface area contributed by atoms with Crippen molar-refractivity contribution in [1.29, 1.82) is 0 Å². The van der Waals surface area contributed by atoms with Crippen LogP contribution < -0.4 is 4.74 Å². The predicted octanol–water partition coefficient (Wildman–Crippen LogP) is 2.48. The third kappa shape index (κ3) is 4.29. The minimum absolute atomic E-state index is 0.138. The Balaban J connectivity index is 2.12. The van der Waals surface area contributed by atoms with Gasteiger partial charge in [-0.2, -0.15) is 5.10 Å². The van der Waals surface area contributed by atoms with Gasteiger partial charge in [-0.25, -0.2) is 4.79 Å². The molecular weight excluding hydrogens is 296 g/mol. The summed E-state index contributed by atoms with van der Waals surface area (Å²) >= 11 is 0. The quantitative estimate of drug-likeness (QED) is 0.654. The van der Waals surface area contributed by atoms with E-state index in [0.29, 0.717) is 17.0 Å². The second kappa shape index (κ2) is 6.91. The fourth-order valence-corrected chi connectivity index (χ4v) is 2.05. The van der Waals surface area contributed by atoms with Gasteiger partial charge < -0.3 is 9.84 Å². The molecule has 2 rings (SSSR count). The van der Waals surface area contributed by atoms with Crippen molar-refractivity contribution >= 4 is 17.8 Å². The topological polar surface area (TPSA) is 81.4 Å². The van der Waals surface area contributed by atoms with Gasteiger partial charge in [-0.1, -0.05) is 18.2 Å². The SMILES string of the molecule is Cc1nn(C)cc1C(=O)/C=C/c1cccc(OC(C)C(=O)O)c1. The van der Waals surface area contributed by atoms with Crippen molar-refractivity contribution in [2.24, 2.45) is 7.05 Å². The number of aryl methyl sites for hydroxylation is 2. The summed E-state index contributed by atoms with van der Waals surface area (Å²) in [6.45, 7) is 3.24. The van der Waals surface area contributed by atoms with E-state index in [1.165, 1.54) is 13.0 Å². The van der Waals surface area contributed by atoms with Crippen LogP contribution in [-0.4, -0.2) is 32.7 Å². The molecule has 0 aliphatic carbocycles. The van der Waals surface area contributed by atoms with E-state index >= 15 is 0 Å². The van der Waals surface area contributed by atoms with E-state index in [4.69, 9.17) is 9.84 Å². The van der Waals surface area contributed by atoms with Gasteiger partial charge in [-0.3, -0.25) is 9.48 Å². The maximum absolute atomic E-state index is 12.2. The van der Waals surface area contributed by atoms with Gasteiger partial charge in [0.25, 0.3) is 0 Å². The lowest BCUT2D eigenvalue weighted by Crippen LogP contribution is -2.22. The minimum atomic E-state index is -1.03. The molecule has 0 radical (unpaired) electrons. The number of rotatable bonds is 6. The highest BCUT2D eigenvalue weighted by atomic mass is 16.5. The first kappa shape index (κ1) is 16.5. The number of benzene rings is 1. The number of carbonyl (C=O) groups excluding carboxylic acids is 1. The summed E-state index contributed by atoms with van der Waals surface area (Å²) in [6.07, 6.45) is 3.86. The van der Waals surface area contributed by atoms with Gasteiger partial charge in [0.05, 0.1) is 11.3 Å². The number of aromatic nitrogens is 2. The monoisotopic (exact) mass is 314 g/mol. The Bertz CT molecular complexity index is 762. The Morgan fingerprint density at radius 1 is 1.39 bits per heavy atom. The maximum Gasteiger partial charge on any atom is 0.344 e. The molecule has 1 atom stereocenters. The molecule has 0 aliphatic heterocycles. The molecule has 1 aromatic carbocycles. The lowest BCUT2D eigenvalue weighted by atomic mass is 10.1. The number of carboxylic acids is 1. The molecule has 2 aromatic rings. The molecule has 0 saturated carbocycles. The van der Waals surface area contributed by atoms with Crippen LogP contribution in [0.3, 0.4) is 0 Å². The third-order valence-corrected chi connectivity index (χ3v) is 3.22. The van der Waals surface area contributed by atoms with Crippen LogP contribution in [0, 0.1) is 6.92 Å². The molecule has 0 amide bonds. The molecule has 1 N–H and O–H groups in total. The van der Waals surface area contributed by atoms with Crippen LogP contribution in [0.25, 0.3) is 6.08 Å². The number of carbonyl (C=O) groups is 2. The maximum atomic E-state index is 12.2. The Morgan fingerprint density at radius 2 is 2.13 bits per heavy atom. The fraction of sp³-hybridized carbons (Fsp3) is 0.235. The summed E-state index contributed by atoms with van der Waals surface area (Å²) in [4.78, 5) is 23.0. The zero-order chi connectivity index (χ0) is 17.0. The summed E-state index contributed by atoms with van der Waals surface area (Å²) < 4.78 is 6.89. The molecular formula is C17H18N2O4. The van der Waals surface area contributed by atoms with Crippen LogP contribution in [0.5, 0.6) is 5.75 Å². The zero-order valence-electron chi connectivity index (χ0n) is 13.2. The van der Waals surface area contributed by atoms with E-state index < -0.39 is 12.1 Å². The first-order valence-corrected chi connectivity index (χ1v) is 7.09. The van der Waals surface area contributed by atoms with Crippen molar-refractivity contribution in [2.45, 2.75) is 20.0 Å². The summed E-state index contributed by atoms with van der Waals surface area (Å²) in [5.74, 6) is -0.735. The molecule has 23 heavy (non-hydrogen) atoms. The summed E-state index contributed by atoms with van der Waals surface area (Å²) in [7, 11) is 1.76. The Morgan fingerprint density at radius 3 is 2.74 bits per heavy atom. The van der Waals surface area contributed by atoms with Crippen molar-refractivity contribution in [3.63, 3.8) is 0 Å². The molecule has 0 aliphatic rings. The van der Waals surface area contributed by atoms with E-state index in [9.17, 15) is 9.59 Å². The molecule has 1 unspecified atom stereocenters. The second-order valence-electron chi connectivity index (χ2n) is 5.17. The molecule has 0 spiro atoms. The lowest BCUT2D eigenvalue weighted by molar-refractivity contribution is -0.144. The number of hydrogen-bond donors (Lipinski definition) is 1. The first-order chi connectivity index (χ1) is 10.9. The smallest absolute Gasteiger partial charge is 0.344 e. The van der Waals surface area contributed by atoms with Crippen LogP contribution in [0.15, 0.2) is 36.5 Å². The van der Waals surface area contributed by atoms with Crippen LogP contribution in [-0.2, 0) is 11.8 Å². The molecule has 0 bridgehead atoms. The number of hydrogen-bond acceptors (Lipinski definition) is 4. The summed E-state index contributed by atoms with van der Waals surface area (Å²) in [5, 5.41) is 13.0. The van der Waals surface area contributed by atoms with Crippen LogP contribution in [0.4, 0.5) is 0 Å². The summed E-state index contributed by atoms with van der Waals surface area (Å²) in [5.41, 5.74) is 1.97. The van der Waals surface area contributed by atoms with Crippen LogP contribution in [0.2, 0.25) is 0 Å². The average Bonchev–Trinajstić information content (AvgIpc) is 2.84. The van der Waals surface area contributed by atoms with E-state index in [1.54, 1.807) is 55.2 Å². The highest BCUT2D eigenvalue weighted by Gasteiger charge is 2.12. The molecule has 6 heteroatoms. The zero-order valence-corrected chi connectivity index (χ0v) is 13.2. The highest BCUT2D eigenvalue weighted by molar-refractivity contribution is 6.07. The van der Waals surface area contributed by atoms with E-state index in [1.807, 2.05) is 0 Å². The van der Waals surface area contributed by atoms with E-state index in [0.717, 1.165) is 5.56 Å². The van der Waals surface area contributed by atoms with E-state index in [-0.39, 0.29) is 5.78 Å². The number of allylic oxidation sites excluding steroid dienone is 1. The minimum Gasteiger partial charge on any atom is -0.479 e. The third-order valence-electron chi connectivity index (χ3n) is 3.22. The highest BCUT2D eigenvalue weighted by Crippen LogP contribution is 2.17. The van der Waals surface area contributed by atoms with Gasteiger partial charge in [-0.05, 0) is 37.6 Å². The molecule has 0 saturated heterocycles. The molecule has 1 heterocycles. The van der Waals surface area contributed by atoms with Crippen molar-refractivity contribution in [1.82, 2.24) is 9.78 Å². The molecule has 6 nitrogen and oxygen atoms in total. The molecule has 0 fully saturated rings. The fourth-order valence-electron chi connectivity index (χ4n) is 2.05. The van der Waals surface area contributed by atoms with Crippen molar-refractivity contribution in [3.05, 3.63) is 53.4 Å². The predicted molar refractivity (Wildman–Crippen MR) is 85.5 cm³/mol. The largest absolute Gasteiger partial charge is 0.479 e. The van der Waals surface area contributed by atoms with Crippen LogP contribution >= 0.6 is 0 Å². The standard InChI is InChI=1S/C17H18N2O4/c1-11-15(10-19(3)18-11)16(20)8-7-13-5-4-6-14(9-13)23-12(2)17(21)22/h4-10,12H,1-3H3,(H,21,22)/b8-7+. The van der Waals surface area contributed by atoms with Gasteiger partial charge in [0.15, 0.2) is 11.9 Å². The average molecular weight is 314 g/mol. The Labute approximate surface area is 134 Å². The normalized spacial score (nSPS) is 12.3. The van der Waals surface area contributed by atoms with E-state index in [2.05, 4.69) is 5.10 Å². The van der Waals surface area contributed by atoms with Gasteiger partial charge in [-0.15, -0.1) is 0 Å². The Hall–Kier alpha value is -2.89. The number of ether oxygens (including phenoxy) is 1. The van der Waals surface area contributed by atoms with Crippen molar-refractivity contribution in [2.75, 3.05) is 0 Å². The van der Waals surface area contributed by atoms with Gasteiger partial charge in [0, 0.05) is 13.2 Å². The van der Waals surface area contributed by atoms with Crippen molar-refractivity contribution < 1.29 is 19.4 Å². The summed E-state index contributed by atoms with van der Waals surface area (Å²) in [6, 6.07) is 6.89. The van der Waals surface area contributed by atoms with Gasteiger partial charge in [0.1, 0.15) is 5.75 Å². The van der Waals surface area contributed by atoms with Gasteiger partial charge in [0.2, 0.25) is 0 Å². The number of carboxylic acid groups (broad SMARTS) is 1. The number of nitrogens with zero attached hydrogens (tertiary/aromatic N) is 2. The lowest BCUT2D eigenvalue weighted by Gasteiger charge is -2.10. The number of aliphatic carboxylic acids is 1. The van der Waals surface area contributed by atoms with Crippen molar-refractivity contribution in [3.8, 4) is 5.75 Å². The first-order valence-electron chi connectivity index (χ1n) is 7.09. The van der Waals surface area contributed by atoms with Gasteiger partial charge >= 0.3 is 5.97 Å². The van der Waals surface area contributed by atoms with Crippen LogP contribution in [0.1, 0.15) is 28.5 Å².